The number of nitrogens with zero attached hydrogens (tertiary/aromatic N) is 3. The van der Waals surface area contributed by atoms with E-state index in [-0.39, 0.29) is 5.91 Å². The van der Waals surface area contributed by atoms with Crippen LogP contribution >= 0.6 is 0 Å². The van der Waals surface area contributed by atoms with Crippen LogP contribution in [-0.4, -0.2) is 22.9 Å². The lowest BCUT2D eigenvalue weighted by atomic mass is 10.3. The number of amides is 1. The van der Waals surface area contributed by atoms with Crippen LogP contribution in [0.25, 0.3) is 0 Å². The summed E-state index contributed by atoms with van der Waals surface area (Å²) < 4.78 is 0. The zero-order valence-corrected chi connectivity index (χ0v) is 12.7. The van der Waals surface area contributed by atoms with E-state index >= 15 is 0 Å². The second kappa shape index (κ2) is 6.70. The molecule has 1 amide bonds. The van der Waals surface area contributed by atoms with Crippen molar-refractivity contribution < 1.29 is 4.79 Å². The van der Waals surface area contributed by atoms with Crippen LogP contribution in [0.2, 0.25) is 0 Å². The number of rotatable bonds is 4. The molecule has 0 unspecified atom stereocenters. The quantitative estimate of drug-likeness (QED) is 0.801. The average molecular weight is 304 g/mol. The third-order valence-corrected chi connectivity index (χ3v) is 3.37. The first-order valence-corrected chi connectivity index (χ1v) is 7.21. The highest BCUT2D eigenvalue weighted by Crippen LogP contribution is 2.15. The van der Waals surface area contributed by atoms with Crippen LogP contribution in [-0.2, 0) is 0 Å². The average Bonchev–Trinajstić information content (AvgIpc) is 2.63. The Balaban J connectivity index is 1.73. The number of para-hydroxylation sites is 2. The molecule has 0 aliphatic rings. The van der Waals surface area contributed by atoms with Crippen molar-refractivity contribution in [1.82, 2.24) is 9.97 Å². The van der Waals surface area contributed by atoms with Crippen molar-refractivity contribution in [3.8, 4) is 0 Å². The van der Waals surface area contributed by atoms with Crippen LogP contribution in [0.5, 0.6) is 0 Å². The molecule has 0 aliphatic heterocycles. The maximum Gasteiger partial charge on any atom is 0.278 e. The van der Waals surface area contributed by atoms with E-state index in [0.29, 0.717) is 11.5 Å². The molecule has 0 spiro atoms. The molecule has 3 rings (SSSR count). The molecule has 1 heterocycles. The number of hydrogen-bond acceptors (Lipinski definition) is 4. The largest absolute Gasteiger partial charge is 0.339 e. The Hall–Kier alpha value is -3.21. The zero-order valence-electron chi connectivity index (χ0n) is 12.7. The van der Waals surface area contributed by atoms with Gasteiger partial charge in [0, 0.05) is 18.4 Å². The molecule has 0 atom stereocenters. The van der Waals surface area contributed by atoms with Gasteiger partial charge in [-0.25, -0.2) is 9.97 Å². The van der Waals surface area contributed by atoms with Crippen molar-refractivity contribution >= 4 is 23.1 Å². The van der Waals surface area contributed by atoms with Crippen LogP contribution in [0.3, 0.4) is 0 Å². The molecule has 1 aromatic heterocycles. The summed E-state index contributed by atoms with van der Waals surface area (Å²) in [6, 6.07) is 19.1. The van der Waals surface area contributed by atoms with Crippen LogP contribution in [0.4, 0.5) is 17.2 Å². The minimum absolute atomic E-state index is 0.199. The Kier molecular flexibility index (Phi) is 4.29. The lowest BCUT2D eigenvalue weighted by Crippen LogP contribution is -2.27. The minimum atomic E-state index is -0.199. The van der Waals surface area contributed by atoms with Gasteiger partial charge < -0.3 is 10.2 Å². The van der Waals surface area contributed by atoms with Gasteiger partial charge in [0.05, 0.1) is 12.4 Å². The highest BCUT2D eigenvalue weighted by molar-refractivity contribution is 6.04. The molecule has 0 saturated carbocycles. The van der Waals surface area contributed by atoms with Gasteiger partial charge in [-0.15, -0.1) is 0 Å². The molecule has 114 valence electrons. The van der Waals surface area contributed by atoms with Crippen LogP contribution in [0.1, 0.15) is 10.5 Å². The fourth-order valence-corrected chi connectivity index (χ4v) is 2.11. The zero-order chi connectivity index (χ0) is 16.1. The highest BCUT2D eigenvalue weighted by atomic mass is 16.2. The second-order valence-corrected chi connectivity index (χ2v) is 4.98. The lowest BCUT2D eigenvalue weighted by molar-refractivity contribution is 0.0988. The number of carbonyl (C=O) groups is 1. The van der Waals surface area contributed by atoms with Crippen molar-refractivity contribution in [3.63, 3.8) is 0 Å². The van der Waals surface area contributed by atoms with Gasteiger partial charge in [0.25, 0.3) is 5.91 Å². The number of carbonyl (C=O) groups excluding carboxylic acids is 1. The van der Waals surface area contributed by atoms with E-state index < -0.39 is 0 Å². The Morgan fingerprint density at radius 2 is 1.57 bits per heavy atom. The normalized spacial score (nSPS) is 10.1. The first-order valence-electron chi connectivity index (χ1n) is 7.21. The van der Waals surface area contributed by atoms with Crippen molar-refractivity contribution in [3.05, 3.63) is 78.8 Å². The fourth-order valence-electron chi connectivity index (χ4n) is 2.11. The van der Waals surface area contributed by atoms with Crippen LogP contribution in [0, 0.1) is 0 Å². The van der Waals surface area contributed by atoms with Crippen molar-refractivity contribution in [2.45, 2.75) is 0 Å². The first kappa shape index (κ1) is 14.7. The monoisotopic (exact) mass is 304 g/mol. The first-order chi connectivity index (χ1) is 11.2. The molecular weight excluding hydrogens is 288 g/mol. The van der Waals surface area contributed by atoms with Crippen LogP contribution < -0.4 is 10.2 Å². The molecule has 23 heavy (non-hydrogen) atoms. The summed E-state index contributed by atoms with van der Waals surface area (Å²) in [5.41, 5.74) is 2.03. The molecule has 0 fully saturated rings. The molecule has 0 aliphatic carbocycles. The van der Waals surface area contributed by atoms with Gasteiger partial charge in [0.1, 0.15) is 11.5 Å². The molecule has 0 bridgehead atoms. The lowest BCUT2D eigenvalue weighted by Gasteiger charge is -2.16. The summed E-state index contributed by atoms with van der Waals surface area (Å²) in [5.74, 6) is 0.394. The van der Waals surface area contributed by atoms with E-state index in [4.69, 9.17) is 0 Å². The molecule has 5 nitrogen and oxygen atoms in total. The maximum atomic E-state index is 12.4. The van der Waals surface area contributed by atoms with Gasteiger partial charge in [-0.05, 0) is 24.3 Å². The predicted octanol–water partition coefficient (Wildman–Crippen LogP) is 3.50. The van der Waals surface area contributed by atoms with E-state index in [2.05, 4.69) is 15.3 Å². The van der Waals surface area contributed by atoms with Crippen molar-refractivity contribution in [1.29, 1.82) is 0 Å². The Morgan fingerprint density at radius 1 is 0.913 bits per heavy atom. The fraction of sp³-hybridized carbons (Fsp3) is 0.0556. The Labute approximate surface area is 134 Å². The third-order valence-electron chi connectivity index (χ3n) is 3.37. The third kappa shape index (κ3) is 3.52. The van der Waals surface area contributed by atoms with Gasteiger partial charge in [-0.2, -0.15) is 0 Å². The van der Waals surface area contributed by atoms with E-state index in [1.54, 1.807) is 18.1 Å². The number of hydrogen-bond donors (Lipinski definition) is 1. The number of benzene rings is 2. The Bertz CT molecular complexity index is 773. The number of nitrogens with one attached hydrogen (secondary N) is 1. The predicted molar refractivity (Wildman–Crippen MR) is 90.9 cm³/mol. The SMILES string of the molecule is CN(C(=O)c1cnc(Nc2ccccc2)cn1)c1ccccc1. The molecule has 5 heteroatoms. The maximum absolute atomic E-state index is 12.4. The molecule has 2 aromatic carbocycles. The van der Waals surface area contributed by atoms with E-state index in [0.717, 1.165) is 11.4 Å². The van der Waals surface area contributed by atoms with Crippen LogP contribution in [0.15, 0.2) is 73.1 Å². The van der Waals surface area contributed by atoms with Gasteiger partial charge in [0.15, 0.2) is 0 Å². The van der Waals surface area contributed by atoms with E-state index in [9.17, 15) is 4.79 Å². The summed E-state index contributed by atoms with van der Waals surface area (Å²) in [6.45, 7) is 0. The summed E-state index contributed by atoms with van der Waals surface area (Å²) in [5, 5.41) is 3.13. The molecular formula is C18H16N4O. The Morgan fingerprint density at radius 3 is 2.17 bits per heavy atom. The summed E-state index contributed by atoms with van der Waals surface area (Å²) >= 11 is 0. The summed E-state index contributed by atoms with van der Waals surface area (Å²) in [7, 11) is 1.72. The van der Waals surface area contributed by atoms with E-state index in [1.807, 2.05) is 60.7 Å². The smallest absolute Gasteiger partial charge is 0.278 e. The van der Waals surface area contributed by atoms with Gasteiger partial charge in [0.2, 0.25) is 0 Å². The van der Waals surface area contributed by atoms with Gasteiger partial charge in [-0.1, -0.05) is 36.4 Å². The molecule has 0 radical (unpaired) electrons. The van der Waals surface area contributed by atoms with Crippen molar-refractivity contribution in [2.24, 2.45) is 0 Å². The molecule has 3 aromatic rings. The molecule has 0 saturated heterocycles. The highest BCUT2D eigenvalue weighted by Gasteiger charge is 2.15. The molecule has 1 N–H and O–H groups in total. The summed E-state index contributed by atoms with van der Waals surface area (Å²) in [6.07, 6.45) is 3.03. The number of aromatic nitrogens is 2. The van der Waals surface area contributed by atoms with Gasteiger partial charge in [-0.3, -0.25) is 4.79 Å². The summed E-state index contributed by atoms with van der Waals surface area (Å²) in [4.78, 5) is 22.4. The van der Waals surface area contributed by atoms with E-state index in [1.165, 1.54) is 6.20 Å². The number of anilines is 3. The standard InChI is InChI=1S/C18H16N4O/c1-22(15-10-6-3-7-11-15)18(23)16-12-20-17(13-19-16)21-14-8-4-2-5-9-14/h2-13H,1H3,(H,20,21). The van der Waals surface area contributed by atoms with Gasteiger partial charge >= 0.3 is 0 Å². The van der Waals surface area contributed by atoms with Crippen molar-refractivity contribution in [2.75, 3.05) is 17.3 Å². The second-order valence-electron chi connectivity index (χ2n) is 4.98. The minimum Gasteiger partial charge on any atom is -0.339 e. The topological polar surface area (TPSA) is 58.1 Å².